The van der Waals surface area contributed by atoms with Gasteiger partial charge < -0.3 is 9.88 Å². The average Bonchev–Trinajstić information content (AvgIpc) is 2.91. The Balaban J connectivity index is 1.54. The molecule has 2 heterocycles. The molecule has 0 atom stereocenters. The molecular weight excluding hydrogens is 278 g/mol. The molecule has 0 saturated heterocycles. The molecule has 22 heavy (non-hydrogen) atoms. The van der Waals surface area contributed by atoms with E-state index in [9.17, 15) is 4.79 Å². The number of carbonyl (C=O) groups excluding carboxylic acids is 1. The van der Waals surface area contributed by atoms with Crippen molar-refractivity contribution in [3.8, 4) is 0 Å². The zero-order valence-electron chi connectivity index (χ0n) is 12.4. The molecule has 0 aliphatic heterocycles. The Bertz CT molecular complexity index is 796. The predicted octanol–water partition coefficient (Wildman–Crippen LogP) is 1.49. The van der Waals surface area contributed by atoms with Crippen LogP contribution in [0.3, 0.4) is 0 Å². The van der Waals surface area contributed by atoms with E-state index in [-0.39, 0.29) is 12.5 Å². The number of aryl methyl sites for hydroxylation is 1. The maximum Gasteiger partial charge on any atom is 0.240 e. The largest absolute Gasteiger partial charge is 0.354 e. The number of imidazole rings is 1. The predicted molar refractivity (Wildman–Crippen MR) is 83.2 cm³/mol. The lowest BCUT2D eigenvalue weighted by molar-refractivity contribution is -0.121. The summed E-state index contributed by atoms with van der Waals surface area (Å²) in [7, 11) is 0. The van der Waals surface area contributed by atoms with Crippen molar-refractivity contribution in [2.75, 3.05) is 6.54 Å². The van der Waals surface area contributed by atoms with E-state index in [0.717, 1.165) is 11.9 Å². The molecule has 0 bridgehead atoms. The lowest BCUT2D eigenvalue weighted by Crippen LogP contribution is -2.29. The van der Waals surface area contributed by atoms with Crippen molar-refractivity contribution >= 4 is 17.1 Å². The molecule has 0 fully saturated rings. The van der Waals surface area contributed by atoms with Crippen LogP contribution in [0.4, 0.5) is 0 Å². The zero-order chi connectivity index (χ0) is 15.4. The van der Waals surface area contributed by atoms with Crippen LogP contribution in [0.15, 0.2) is 43.1 Å². The molecule has 1 aromatic carbocycles. The van der Waals surface area contributed by atoms with E-state index >= 15 is 0 Å². The van der Waals surface area contributed by atoms with Crippen molar-refractivity contribution in [1.82, 2.24) is 24.8 Å². The summed E-state index contributed by atoms with van der Waals surface area (Å²) in [6.45, 7) is 2.90. The Morgan fingerprint density at radius 3 is 3.09 bits per heavy atom. The van der Waals surface area contributed by atoms with Gasteiger partial charge in [0.2, 0.25) is 5.91 Å². The quantitative estimate of drug-likeness (QED) is 0.774. The molecular formula is C16H17N5O. The van der Waals surface area contributed by atoms with Gasteiger partial charge in [-0.1, -0.05) is 29.8 Å². The smallest absolute Gasteiger partial charge is 0.240 e. The molecule has 1 N–H and O–H groups in total. The van der Waals surface area contributed by atoms with Crippen LogP contribution in [-0.4, -0.2) is 32.0 Å². The summed E-state index contributed by atoms with van der Waals surface area (Å²) in [5, 5.41) is 2.93. The van der Waals surface area contributed by atoms with Gasteiger partial charge in [0.05, 0.1) is 12.5 Å². The fraction of sp³-hybridized carbons (Fsp3) is 0.250. The molecule has 0 aliphatic carbocycles. The molecule has 0 saturated carbocycles. The van der Waals surface area contributed by atoms with Gasteiger partial charge in [0.25, 0.3) is 0 Å². The van der Waals surface area contributed by atoms with Crippen molar-refractivity contribution in [2.45, 2.75) is 19.9 Å². The van der Waals surface area contributed by atoms with E-state index in [2.05, 4.69) is 45.4 Å². The summed E-state index contributed by atoms with van der Waals surface area (Å²) < 4.78 is 1.75. The van der Waals surface area contributed by atoms with E-state index < -0.39 is 0 Å². The molecule has 112 valence electrons. The number of nitrogens with one attached hydrogen (secondary N) is 1. The Labute approximate surface area is 128 Å². The minimum atomic E-state index is -0.0455. The van der Waals surface area contributed by atoms with E-state index in [0.29, 0.717) is 12.2 Å². The van der Waals surface area contributed by atoms with Crippen molar-refractivity contribution in [2.24, 2.45) is 0 Å². The maximum atomic E-state index is 12.0. The zero-order valence-corrected chi connectivity index (χ0v) is 12.4. The molecule has 3 rings (SSSR count). The first-order valence-corrected chi connectivity index (χ1v) is 7.15. The number of fused-ring (bicyclic) bond motifs is 1. The monoisotopic (exact) mass is 295 g/mol. The van der Waals surface area contributed by atoms with Gasteiger partial charge in [0.15, 0.2) is 5.65 Å². The standard InChI is InChI=1S/C16H17N5O/c1-12-3-2-4-13(7-12)5-6-18-15(22)9-21-11-20-16-14(21)8-17-10-19-16/h2-4,7-8,10-11H,5-6,9H2,1H3,(H,18,22). The molecule has 3 aromatic rings. The van der Waals surface area contributed by atoms with Crippen LogP contribution >= 0.6 is 0 Å². The van der Waals surface area contributed by atoms with Crippen molar-refractivity contribution in [3.05, 3.63) is 54.2 Å². The third kappa shape index (κ3) is 3.28. The van der Waals surface area contributed by atoms with Crippen LogP contribution in [0, 0.1) is 6.92 Å². The third-order valence-corrected chi connectivity index (χ3v) is 3.43. The minimum absolute atomic E-state index is 0.0455. The van der Waals surface area contributed by atoms with Crippen LogP contribution < -0.4 is 5.32 Å². The Kier molecular flexibility index (Phi) is 4.09. The minimum Gasteiger partial charge on any atom is -0.354 e. The second-order valence-electron chi connectivity index (χ2n) is 5.19. The SMILES string of the molecule is Cc1cccc(CCNC(=O)Cn2cnc3ncncc32)c1. The van der Waals surface area contributed by atoms with Crippen LogP contribution in [0.2, 0.25) is 0 Å². The van der Waals surface area contributed by atoms with E-state index in [4.69, 9.17) is 0 Å². The number of rotatable bonds is 5. The first kappa shape index (κ1) is 14.2. The Morgan fingerprint density at radius 1 is 1.32 bits per heavy atom. The first-order valence-electron chi connectivity index (χ1n) is 7.15. The highest BCUT2D eigenvalue weighted by Gasteiger charge is 2.07. The number of aromatic nitrogens is 4. The van der Waals surface area contributed by atoms with Crippen LogP contribution in [0.25, 0.3) is 11.2 Å². The third-order valence-electron chi connectivity index (χ3n) is 3.43. The molecule has 6 nitrogen and oxygen atoms in total. The number of carbonyl (C=O) groups is 1. The number of nitrogens with zero attached hydrogens (tertiary/aromatic N) is 4. The normalized spacial score (nSPS) is 10.8. The maximum absolute atomic E-state index is 12.0. The van der Waals surface area contributed by atoms with Gasteiger partial charge in [-0.25, -0.2) is 15.0 Å². The summed E-state index contributed by atoms with van der Waals surface area (Å²) in [4.78, 5) is 24.2. The van der Waals surface area contributed by atoms with E-state index in [1.807, 2.05) is 6.07 Å². The summed E-state index contributed by atoms with van der Waals surface area (Å²) in [5.41, 5.74) is 3.81. The van der Waals surface area contributed by atoms with Crippen LogP contribution in [-0.2, 0) is 17.8 Å². The van der Waals surface area contributed by atoms with Crippen LogP contribution in [0.1, 0.15) is 11.1 Å². The number of amides is 1. The molecule has 6 heteroatoms. The molecule has 0 radical (unpaired) electrons. The summed E-state index contributed by atoms with van der Waals surface area (Å²) in [5.74, 6) is -0.0455. The molecule has 0 aliphatic rings. The fourth-order valence-electron chi connectivity index (χ4n) is 2.35. The van der Waals surface area contributed by atoms with E-state index in [1.165, 1.54) is 17.5 Å². The Morgan fingerprint density at radius 2 is 2.23 bits per heavy atom. The van der Waals surface area contributed by atoms with Crippen molar-refractivity contribution < 1.29 is 4.79 Å². The molecule has 0 spiro atoms. The molecule has 1 amide bonds. The fourth-order valence-corrected chi connectivity index (χ4v) is 2.35. The van der Waals surface area contributed by atoms with Gasteiger partial charge in [-0.3, -0.25) is 4.79 Å². The Hall–Kier alpha value is -2.76. The van der Waals surface area contributed by atoms with Gasteiger partial charge in [0.1, 0.15) is 18.4 Å². The van der Waals surface area contributed by atoms with Gasteiger partial charge in [-0.15, -0.1) is 0 Å². The highest BCUT2D eigenvalue weighted by molar-refractivity contribution is 5.78. The second-order valence-corrected chi connectivity index (χ2v) is 5.19. The second kappa shape index (κ2) is 6.34. The topological polar surface area (TPSA) is 72.7 Å². The van der Waals surface area contributed by atoms with Crippen molar-refractivity contribution in [3.63, 3.8) is 0 Å². The van der Waals surface area contributed by atoms with Gasteiger partial charge >= 0.3 is 0 Å². The highest BCUT2D eigenvalue weighted by Crippen LogP contribution is 2.07. The first-order chi connectivity index (χ1) is 10.7. The highest BCUT2D eigenvalue weighted by atomic mass is 16.1. The van der Waals surface area contributed by atoms with Crippen molar-refractivity contribution in [1.29, 1.82) is 0 Å². The lowest BCUT2D eigenvalue weighted by atomic mass is 10.1. The van der Waals surface area contributed by atoms with Gasteiger partial charge in [-0.2, -0.15) is 0 Å². The van der Waals surface area contributed by atoms with Crippen LogP contribution in [0.5, 0.6) is 0 Å². The average molecular weight is 295 g/mol. The van der Waals surface area contributed by atoms with Gasteiger partial charge in [0, 0.05) is 6.54 Å². The number of hydrogen-bond acceptors (Lipinski definition) is 4. The summed E-state index contributed by atoms with van der Waals surface area (Å²) in [6, 6.07) is 8.30. The number of benzene rings is 1. The number of hydrogen-bond donors (Lipinski definition) is 1. The lowest BCUT2D eigenvalue weighted by Gasteiger charge is -2.07. The molecule has 0 unspecified atom stereocenters. The van der Waals surface area contributed by atoms with E-state index in [1.54, 1.807) is 17.1 Å². The van der Waals surface area contributed by atoms with Gasteiger partial charge in [-0.05, 0) is 18.9 Å². The summed E-state index contributed by atoms with van der Waals surface area (Å²) >= 11 is 0. The molecule has 2 aromatic heterocycles. The summed E-state index contributed by atoms with van der Waals surface area (Å²) in [6.07, 6.45) is 5.54.